The van der Waals surface area contributed by atoms with Gasteiger partial charge in [-0.15, -0.1) is 0 Å². The van der Waals surface area contributed by atoms with Crippen molar-refractivity contribution in [3.63, 3.8) is 0 Å². The minimum Gasteiger partial charge on any atom is -0.471 e. The van der Waals surface area contributed by atoms with Gasteiger partial charge in [-0.2, -0.15) is 0 Å². The number of nitrogens with one attached hydrogen (secondary N) is 2. The van der Waals surface area contributed by atoms with Crippen LogP contribution in [0.1, 0.15) is 147 Å². The fraction of sp³-hybridized carbons (Fsp3) is 0.760. The van der Waals surface area contributed by atoms with Crippen LogP contribution in [0, 0.1) is 46.3 Å². The predicted octanol–water partition coefficient (Wildman–Crippen LogP) is 8.49. The second kappa shape index (κ2) is 16.9. The van der Waals surface area contributed by atoms with E-state index in [0.717, 1.165) is 80.9 Å². The maximum atomic E-state index is 11.4. The van der Waals surface area contributed by atoms with E-state index in [1.807, 2.05) is 6.26 Å². The molecule has 8 N–H and O–H groups in total. The SMILES string of the molecule is C=C1C[C@@]2(CC[C@@H](CC[C@@]3(O)CCC[C@H](O)C3)C2)[C@@H]2O[C@]2(C)CC[C@@H]2[C@@H]1C[C@]2(C1CCCCC1)[C@@H]1CC[C@H]([C@H](NC(N)=NC)NC(N)=NCCc2cccc3cocc23)C1. The zero-order valence-electron chi connectivity index (χ0n) is 36.8. The van der Waals surface area contributed by atoms with Gasteiger partial charge in [0.1, 0.15) is 6.17 Å². The van der Waals surface area contributed by atoms with Gasteiger partial charge in [0.15, 0.2) is 11.9 Å². The summed E-state index contributed by atoms with van der Waals surface area (Å²) in [5.74, 6) is 4.51. The lowest BCUT2D eigenvalue weighted by Crippen LogP contribution is -2.58. The van der Waals surface area contributed by atoms with Gasteiger partial charge in [-0.05, 0) is 169 Å². The number of aliphatic hydroxyl groups is 2. The second-order valence-electron chi connectivity index (χ2n) is 21.5. The number of ether oxygens (including phenoxy) is 1. The fourth-order valence-electron chi connectivity index (χ4n) is 15.0. The van der Waals surface area contributed by atoms with E-state index >= 15 is 0 Å². The van der Waals surface area contributed by atoms with E-state index in [1.54, 1.807) is 13.3 Å². The van der Waals surface area contributed by atoms with Gasteiger partial charge in [-0.25, -0.2) is 0 Å². The van der Waals surface area contributed by atoms with E-state index in [4.69, 9.17) is 32.2 Å². The van der Waals surface area contributed by atoms with E-state index in [-0.39, 0.29) is 23.3 Å². The molecule has 330 valence electrons. The summed E-state index contributed by atoms with van der Waals surface area (Å²) in [6.07, 6.45) is 28.0. The number of benzene rings is 1. The normalized spacial score (nSPS) is 40.6. The highest BCUT2D eigenvalue weighted by Gasteiger charge is 2.68. The smallest absolute Gasteiger partial charge is 0.190 e. The lowest BCUT2D eigenvalue weighted by atomic mass is 9.40. The first-order chi connectivity index (χ1) is 28.9. The summed E-state index contributed by atoms with van der Waals surface area (Å²) in [7, 11) is 1.74. The van der Waals surface area contributed by atoms with Crippen LogP contribution >= 0.6 is 0 Å². The molecule has 1 spiro atoms. The van der Waals surface area contributed by atoms with Crippen LogP contribution in [-0.4, -0.2) is 65.3 Å². The molecule has 10 heteroatoms. The van der Waals surface area contributed by atoms with Gasteiger partial charge in [-0.3, -0.25) is 9.98 Å². The lowest BCUT2D eigenvalue weighted by molar-refractivity contribution is -0.139. The number of aliphatic imine (C=N–C) groups is 2. The predicted molar refractivity (Wildman–Crippen MR) is 240 cm³/mol. The van der Waals surface area contributed by atoms with Crippen LogP contribution in [0.2, 0.25) is 0 Å². The maximum absolute atomic E-state index is 11.4. The Hall–Kier alpha value is -3.08. The van der Waals surface area contributed by atoms with Crippen molar-refractivity contribution in [2.75, 3.05) is 13.6 Å². The number of fused-ring (bicyclic) bond motifs is 4. The van der Waals surface area contributed by atoms with Crippen molar-refractivity contribution in [1.82, 2.24) is 10.6 Å². The average Bonchev–Trinajstić information content (AvgIpc) is 3.68. The molecule has 1 aromatic carbocycles. The zero-order valence-corrected chi connectivity index (χ0v) is 36.8. The summed E-state index contributed by atoms with van der Waals surface area (Å²) in [5.41, 5.74) is 15.5. The first kappa shape index (κ1) is 42.2. The number of rotatable bonds is 11. The quantitative estimate of drug-likeness (QED) is 0.0432. The van der Waals surface area contributed by atoms with Crippen LogP contribution in [0.4, 0.5) is 0 Å². The Morgan fingerprint density at radius 3 is 2.58 bits per heavy atom. The van der Waals surface area contributed by atoms with Crippen LogP contribution in [0.25, 0.3) is 10.8 Å². The van der Waals surface area contributed by atoms with E-state index in [2.05, 4.69) is 40.7 Å². The molecule has 60 heavy (non-hydrogen) atoms. The number of hydrogen-bond acceptors (Lipinski definition) is 6. The minimum absolute atomic E-state index is 0.0420. The Bertz CT molecular complexity index is 1910. The molecule has 0 bridgehead atoms. The summed E-state index contributed by atoms with van der Waals surface area (Å²) < 4.78 is 12.4. The van der Waals surface area contributed by atoms with Crippen molar-refractivity contribution in [3.05, 3.63) is 48.4 Å². The molecule has 6 aliphatic carbocycles. The van der Waals surface area contributed by atoms with Gasteiger partial charge in [0.05, 0.1) is 35.9 Å². The summed E-state index contributed by atoms with van der Waals surface area (Å²) in [6.45, 7) is 8.02. The molecule has 1 saturated heterocycles. The molecule has 2 heterocycles. The summed E-state index contributed by atoms with van der Waals surface area (Å²) in [4.78, 5) is 9.09. The Morgan fingerprint density at radius 2 is 1.77 bits per heavy atom. The number of nitrogens with two attached hydrogens (primary N) is 2. The molecule has 1 aliphatic heterocycles. The van der Waals surface area contributed by atoms with Gasteiger partial charge in [0.2, 0.25) is 0 Å². The van der Waals surface area contributed by atoms with Crippen LogP contribution in [-0.2, 0) is 11.2 Å². The number of hydrogen-bond donors (Lipinski definition) is 6. The van der Waals surface area contributed by atoms with Crippen molar-refractivity contribution in [2.24, 2.45) is 67.8 Å². The molecule has 2 aromatic rings. The first-order valence-electron chi connectivity index (χ1n) is 24.2. The van der Waals surface area contributed by atoms with Gasteiger partial charge in [0, 0.05) is 36.2 Å². The summed E-state index contributed by atoms with van der Waals surface area (Å²) in [5, 5.41) is 31.0. The van der Waals surface area contributed by atoms with Crippen molar-refractivity contribution < 1.29 is 19.4 Å². The average molecular weight is 825 g/mol. The third-order valence-corrected chi connectivity index (χ3v) is 18.0. The second-order valence-corrected chi connectivity index (χ2v) is 21.5. The zero-order chi connectivity index (χ0) is 41.7. The van der Waals surface area contributed by atoms with Gasteiger partial charge in [0.25, 0.3) is 0 Å². The molecule has 7 fully saturated rings. The highest BCUT2D eigenvalue weighted by atomic mass is 16.6. The Morgan fingerprint density at radius 1 is 0.933 bits per heavy atom. The Labute approximate surface area is 359 Å². The molecule has 0 unspecified atom stereocenters. The third kappa shape index (κ3) is 8.16. The Kier molecular flexibility index (Phi) is 11.9. The van der Waals surface area contributed by atoms with E-state index in [0.29, 0.717) is 66.0 Å². The minimum atomic E-state index is -0.694. The molecule has 1 aromatic heterocycles. The highest BCUT2D eigenvalue weighted by molar-refractivity contribution is 5.84. The summed E-state index contributed by atoms with van der Waals surface area (Å²) in [6, 6.07) is 6.27. The molecule has 7 aliphatic rings. The monoisotopic (exact) mass is 825 g/mol. The van der Waals surface area contributed by atoms with Gasteiger partial charge >= 0.3 is 0 Å². The first-order valence-corrected chi connectivity index (χ1v) is 24.2. The Balaban J connectivity index is 0.897. The molecule has 9 rings (SSSR count). The van der Waals surface area contributed by atoms with Crippen LogP contribution < -0.4 is 22.1 Å². The van der Waals surface area contributed by atoms with E-state index in [1.165, 1.54) is 81.8 Å². The molecule has 0 radical (unpaired) electrons. The van der Waals surface area contributed by atoms with Crippen LogP contribution in [0.15, 0.2) is 57.3 Å². The van der Waals surface area contributed by atoms with E-state index in [9.17, 15) is 10.2 Å². The largest absolute Gasteiger partial charge is 0.471 e. The maximum Gasteiger partial charge on any atom is 0.190 e. The van der Waals surface area contributed by atoms with Crippen LogP contribution in [0.5, 0.6) is 0 Å². The van der Waals surface area contributed by atoms with Gasteiger partial charge < -0.3 is 41.5 Å². The number of allylic oxidation sites excluding steroid dienone is 1. The molecule has 10 nitrogen and oxygen atoms in total. The number of furan rings is 1. The van der Waals surface area contributed by atoms with Crippen molar-refractivity contribution in [3.8, 4) is 0 Å². The molecular weight excluding hydrogens is 749 g/mol. The number of aliphatic hydroxyl groups excluding tert-OH is 1. The topological polar surface area (TPSA) is 167 Å². The van der Waals surface area contributed by atoms with Crippen molar-refractivity contribution in [1.29, 1.82) is 0 Å². The fourth-order valence-corrected chi connectivity index (χ4v) is 15.0. The molecule has 0 amide bonds. The van der Waals surface area contributed by atoms with Crippen molar-refractivity contribution in [2.45, 2.75) is 178 Å². The number of guanidine groups is 2. The number of epoxide rings is 1. The molecule has 12 atom stereocenters. The third-order valence-electron chi connectivity index (χ3n) is 18.0. The highest BCUT2D eigenvalue weighted by Crippen LogP contribution is 2.72. The molecule has 6 saturated carbocycles. The number of nitrogens with zero attached hydrogens (tertiary/aromatic N) is 2. The summed E-state index contributed by atoms with van der Waals surface area (Å²) >= 11 is 0. The van der Waals surface area contributed by atoms with Crippen LogP contribution in [0.3, 0.4) is 0 Å². The molecular formula is C50H76N6O4. The standard InChI is InChI=1S/C50H76N6O4/c1-32-26-48(22-16-33(27-48)17-23-49(58)20-8-13-39(57)28-49)44-47(2,60-44)21-18-42-40(32)29-50(42,37-11-5-4-6-12-37)38-15-14-35(25-38)43(55-45(51)53-3)56-46(52)54-24-19-34-9-7-10-36-30-59-31-41(34)36/h7,9-10,30-31,33,35,37-40,42-44,57-58H,1,4-6,8,11-29H2,2-3H3,(H3,51,53,55)(H3,52,54,56)/t33-,35-,38+,39-,40+,42+,43+,44+,47+,48+,49-,50-/m0/s1. The van der Waals surface area contributed by atoms with Crippen molar-refractivity contribution >= 4 is 22.7 Å². The van der Waals surface area contributed by atoms with Gasteiger partial charge in [-0.1, -0.05) is 49.6 Å². The lowest BCUT2D eigenvalue weighted by Gasteiger charge is -2.64. The van der Waals surface area contributed by atoms with E-state index < -0.39 is 5.60 Å².